The normalized spacial score (nSPS) is 16.8. The first-order valence-electron chi connectivity index (χ1n) is 2.65. The third-order valence-electron chi connectivity index (χ3n) is 1.30. The van der Waals surface area contributed by atoms with E-state index in [1.165, 1.54) is 6.92 Å². The van der Waals surface area contributed by atoms with Gasteiger partial charge in [0.2, 0.25) is 0 Å². The van der Waals surface area contributed by atoms with E-state index in [0.717, 1.165) is 0 Å². The highest BCUT2D eigenvalue weighted by Gasteiger charge is 2.31. The summed E-state index contributed by atoms with van der Waals surface area (Å²) in [5.74, 6) is -1.28. The molecule has 9 heavy (non-hydrogen) atoms. The van der Waals surface area contributed by atoms with Crippen LogP contribution < -0.4 is 5.73 Å². The zero-order valence-electron chi connectivity index (χ0n) is 5.22. The summed E-state index contributed by atoms with van der Waals surface area (Å²) in [5.41, 5.74) is 3.40. The fraction of sp³-hybridized carbons (Fsp3) is 0.800. The Labute approximate surface area is 52.7 Å². The van der Waals surface area contributed by atoms with Crippen molar-refractivity contribution in [1.82, 2.24) is 0 Å². The number of rotatable bonds is 3. The van der Waals surface area contributed by atoms with Gasteiger partial charge in [-0.1, -0.05) is 6.92 Å². The fourth-order valence-electron chi connectivity index (χ4n) is 0.303. The minimum atomic E-state index is -1.67. The van der Waals surface area contributed by atoms with E-state index < -0.39 is 18.2 Å². The van der Waals surface area contributed by atoms with Gasteiger partial charge in [-0.25, -0.2) is 4.39 Å². The van der Waals surface area contributed by atoms with Gasteiger partial charge < -0.3 is 10.8 Å². The standard InChI is InChI=1S/C5H10FNO2/c1-2-5(7,3-6)4(8)9/h2-3,7H2,1H3,(H,8,9). The van der Waals surface area contributed by atoms with Crippen LogP contribution in [0, 0.1) is 0 Å². The van der Waals surface area contributed by atoms with Crippen LogP contribution in [0.3, 0.4) is 0 Å². The van der Waals surface area contributed by atoms with Gasteiger partial charge >= 0.3 is 5.97 Å². The van der Waals surface area contributed by atoms with Gasteiger partial charge in [-0.05, 0) is 6.42 Å². The molecule has 0 aliphatic heterocycles. The Morgan fingerprint density at radius 2 is 2.33 bits per heavy atom. The van der Waals surface area contributed by atoms with Gasteiger partial charge in [0, 0.05) is 0 Å². The Morgan fingerprint density at radius 3 is 2.33 bits per heavy atom. The third kappa shape index (κ3) is 1.64. The van der Waals surface area contributed by atoms with Crippen LogP contribution in [0.1, 0.15) is 13.3 Å². The van der Waals surface area contributed by atoms with Crippen LogP contribution in [-0.2, 0) is 4.79 Å². The fourth-order valence-corrected chi connectivity index (χ4v) is 0.303. The molecular weight excluding hydrogens is 125 g/mol. The van der Waals surface area contributed by atoms with E-state index in [9.17, 15) is 9.18 Å². The highest BCUT2D eigenvalue weighted by Crippen LogP contribution is 2.05. The number of carboxylic acid groups (broad SMARTS) is 1. The smallest absolute Gasteiger partial charge is 0.326 e. The SMILES string of the molecule is CCC(N)(CF)C(=O)O. The predicted octanol–water partition coefficient (Wildman–Crippen LogP) is 0.148. The van der Waals surface area contributed by atoms with Gasteiger partial charge in [0.25, 0.3) is 0 Å². The molecular formula is C5H10FNO2. The van der Waals surface area contributed by atoms with Crippen molar-refractivity contribution in [3.05, 3.63) is 0 Å². The van der Waals surface area contributed by atoms with Crippen LogP contribution >= 0.6 is 0 Å². The summed E-state index contributed by atoms with van der Waals surface area (Å²) in [6.45, 7) is 0.520. The zero-order chi connectivity index (χ0) is 7.49. The van der Waals surface area contributed by atoms with E-state index in [4.69, 9.17) is 10.8 Å². The molecule has 0 saturated heterocycles. The maximum Gasteiger partial charge on any atom is 0.326 e. The van der Waals surface area contributed by atoms with Crippen molar-refractivity contribution in [3.8, 4) is 0 Å². The number of alkyl halides is 1. The number of carboxylic acids is 1. The second-order valence-electron chi connectivity index (χ2n) is 1.95. The molecule has 0 aromatic carbocycles. The van der Waals surface area contributed by atoms with Gasteiger partial charge in [0.15, 0.2) is 0 Å². The third-order valence-corrected chi connectivity index (χ3v) is 1.30. The lowest BCUT2D eigenvalue weighted by atomic mass is 10.0. The topological polar surface area (TPSA) is 63.3 Å². The average Bonchev–Trinajstić information content (AvgIpc) is 1.86. The van der Waals surface area contributed by atoms with Crippen LogP contribution in [0.15, 0.2) is 0 Å². The van der Waals surface area contributed by atoms with Crippen molar-refractivity contribution in [1.29, 1.82) is 0 Å². The minimum Gasteiger partial charge on any atom is -0.480 e. The molecule has 0 aromatic rings. The molecule has 3 nitrogen and oxygen atoms in total. The number of halogens is 1. The number of nitrogens with two attached hydrogens (primary N) is 1. The highest BCUT2D eigenvalue weighted by molar-refractivity contribution is 5.78. The van der Waals surface area contributed by atoms with Crippen molar-refractivity contribution in [3.63, 3.8) is 0 Å². The summed E-state index contributed by atoms with van der Waals surface area (Å²) in [5, 5.41) is 8.27. The van der Waals surface area contributed by atoms with Gasteiger partial charge in [-0.2, -0.15) is 0 Å². The number of hydrogen-bond acceptors (Lipinski definition) is 2. The first-order valence-corrected chi connectivity index (χ1v) is 2.65. The second kappa shape index (κ2) is 2.77. The van der Waals surface area contributed by atoms with Crippen molar-refractivity contribution >= 4 is 5.97 Å². The molecule has 1 atom stereocenters. The maximum atomic E-state index is 11.8. The summed E-state index contributed by atoms with van der Waals surface area (Å²) in [6.07, 6.45) is 0.110. The molecule has 0 aliphatic carbocycles. The molecule has 1 unspecified atom stereocenters. The average molecular weight is 135 g/mol. The molecule has 0 aliphatic rings. The maximum absolute atomic E-state index is 11.8. The van der Waals surface area contributed by atoms with Gasteiger partial charge in [0.1, 0.15) is 12.2 Å². The quantitative estimate of drug-likeness (QED) is 0.578. The van der Waals surface area contributed by atoms with Gasteiger partial charge in [-0.15, -0.1) is 0 Å². The number of carbonyl (C=O) groups is 1. The molecule has 54 valence electrons. The Kier molecular flexibility index (Phi) is 2.58. The predicted molar refractivity (Wildman–Crippen MR) is 30.8 cm³/mol. The minimum absolute atomic E-state index is 0.110. The lowest BCUT2D eigenvalue weighted by Gasteiger charge is -2.17. The molecule has 3 N–H and O–H groups in total. The largest absolute Gasteiger partial charge is 0.480 e. The summed E-state index contributed by atoms with van der Waals surface area (Å²) in [6, 6.07) is 0. The summed E-state index contributed by atoms with van der Waals surface area (Å²) >= 11 is 0. The molecule has 0 spiro atoms. The first-order chi connectivity index (χ1) is 4.06. The summed E-state index contributed by atoms with van der Waals surface area (Å²) in [7, 11) is 0. The van der Waals surface area contributed by atoms with Crippen LogP contribution in [0.2, 0.25) is 0 Å². The van der Waals surface area contributed by atoms with Gasteiger partial charge in [0.05, 0.1) is 0 Å². The zero-order valence-corrected chi connectivity index (χ0v) is 5.22. The van der Waals surface area contributed by atoms with E-state index in [0.29, 0.717) is 0 Å². The lowest BCUT2D eigenvalue weighted by Crippen LogP contribution is -2.49. The molecule has 0 fully saturated rings. The molecule has 0 rings (SSSR count). The van der Waals surface area contributed by atoms with Crippen LogP contribution in [0.25, 0.3) is 0 Å². The van der Waals surface area contributed by atoms with Crippen LogP contribution in [-0.4, -0.2) is 23.3 Å². The molecule has 0 bridgehead atoms. The summed E-state index contributed by atoms with van der Waals surface area (Å²) < 4.78 is 11.8. The molecule has 0 heterocycles. The monoisotopic (exact) mass is 135 g/mol. The van der Waals surface area contributed by atoms with E-state index in [-0.39, 0.29) is 6.42 Å². The van der Waals surface area contributed by atoms with Crippen molar-refractivity contribution in [2.75, 3.05) is 6.67 Å². The van der Waals surface area contributed by atoms with Crippen molar-refractivity contribution < 1.29 is 14.3 Å². The highest BCUT2D eigenvalue weighted by atomic mass is 19.1. The Bertz CT molecular complexity index is 112. The van der Waals surface area contributed by atoms with E-state index in [1.54, 1.807) is 0 Å². The number of aliphatic carboxylic acids is 1. The van der Waals surface area contributed by atoms with Crippen LogP contribution in [0.4, 0.5) is 4.39 Å². The first kappa shape index (κ1) is 8.36. The second-order valence-corrected chi connectivity index (χ2v) is 1.95. The Balaban J connectivity index is 4.09. The molecule has 0 aromatic heterocycles. The van der Waals surface area contributed by atoms with Gasteiger partial charge in [-0.3, -0.25) is 4.79 Å². The molecule has 0 saturated carbocycles. The van der Waals surface area contributed by atoms with E-state index in [1.807, 2.05) is 0 Å². The molecule has 0 amide bonds. The summed E-state index contributed by atoms with van der Waals surface area (Å²) in [4.78, 5) is 10.1. The lowest BCUT2D eigenvalue weighted by molar-refractivity contribution is -0.144. The Hall–Kier alpha value is -0.640. The Morgan fingerprint density at radius 1 is 1.89 bits per heavy atom. The van der Waals surface area contributed by atoms with Crippen LogP contribution in [0.5, 0.6) is 0 Å². The van der Waals surface area contributed by atoms with Crippen molar-refractivity contribution in [2.45, 2.75) is 18.9 Å². The van der Waals surface area contributed by atoms with E-state index >= 15 is 0 Å². The van der Waals surface area contributed by atoms with E-state index in [2.05, 4.69) is 0 Å². The van der Waals surface area contributed by atoms with Crippen molar-refractivity contribution in [2.24, 2.45) is 5.73 Å². The molecule has 4 heteroatoms. The molecule has 0 radical (unpaired) electrons. The number of hydrogen-bond donors (Lipinski definition) is 2.